The average Bonchev–Trinajstić information content (AvgIpc) is 2.58. The van der Waals surface area contributed by atoms with Gasteiger partial charge >= 0.3 is 0 Å². The molecule has 2 nitrogen and oxygen atoms in total. The van der Waals surface area contributed by atoms with E-state index in [0.717, 1.165) is 38.5 Å². The predicted octanol–water partition coefficient (Wildman–Crippen LogP) is 2.94. The molecule has 1 aliphatic rings. The Labute approximate surface area is 111 Å². The van der Waals surface area contributed by atoms with Crippen molar-refractivity contribution in [2.24, 2.45) is 0 Å². The molecule has 0 aromatic rings. The second-order valence-electron chi connectivity index (χ2n) is 5.36. The van der Waals surface area contributed by atoms with Gasteiger partial charge in [-0.05, 0) is 0 Å². The fourth-order valence-electron chi connectivity index (χ4n) is 3.32. The van der Waals surface area contributed by atoms with Crippen LogP contribution < -0.4 is 5.06 Å². The summed E-state index contributed by atoms with van der Waals surface area (Å²) in [6.07, 6.45) is 12.3. The molecule has 0 unspecified atom stereocenters. The molecule has 1 saturated heterocycles. The summed E-state index contributed by atoms with van der Waals surface area (Å²) in [5, 5.41) is 13.3. The van der Waals surface area contributed by atoms with Crippen molar-refractivity contribution in [2.45, 2.75) is 49.6 Å². The first kappa shape index (κ1) is 14.9. The van der Waals surface area contributed by atoms with Crippen molar-refractivity contribution < 1.29 is 5.06 Å². The second kappa shape index (κ2) is 6.17. The van der Waals surface area contributed by atoms with Gasteiger partial charge in [-0.25, -0.2) is 0 Å². The van der Waals surface area contributed by atoms with Crippen LogP contribution in [0.1, 0.15) is 38.5 Å². The van der Waals surface area contributed by atoms with Crippen LogP contribution in [-0.2, 0) is 0 Å². The van der Waals surface area contributed by atoms with Gasteiger partial charge in [0.15, 0.2) is 0 Å². The molecule has 100 valence electrons. The summed E-state index contributed by atoms with van der Waals surface area (Å²) in [6.45, 7) is 15.2. The zero-order chi connectivity index (χ0) is 13.6. The average molecular weight is 247 g/mol. The highest BCUT2D eigenvalue weighted by Crippen LogP contribution is 2.35. The lowest BCUT2D eigenvalue weighted by Crippen LogP contribution is -3.20. The number of hydrogen-bond acceptors (Lipinski definition) is 1. The first-order chi connectivity index (χ1) is 8.60. The third kappa shape index (κ3) is 2.50. The molecule has 0 bridgehead atoms. The van der Waals surface area contributed by atoms with Crippen LogP contribution in [0.25, 0.3) is 0 Å². The van der Waals surface area contributed by atoms with Gasteiger partial charge in [-0.1, -0.05) is 24.3 Å². The molecule has 0 aromatic carbocycles. The molecule has 0 saturated carbocycles. The second-order valence-corrected chi connectivity index (χ2v) is 5.36. The number of hydroxylamine groups is 2. The van der Waals surface area contributed by atoms with E-state index in [-0.39, 0.29) is 11.1 Å². The highest BCUT2D eigenvalue weighted by molar-refractivity contribution is 5.04. The van der Waals surface area contributed by atoms with E-state index in [2.05, 4.69) is 26.3 Å². The fourth-order valence-corrected chi connectivity index (χ4v) is 3.32. The minimum absolute atomic E-state index is 0.282. The summed E-state index contributed by atoms with van der Waals surface area (Å²) < 4.78 is 0. The molecule has 0 spiro atoms. The van der Waals surface area contributed by atoms with Crippen molar-refractivity contribution in [3.8, 4) is 0 Å². The molecule has 0 aliphatic carbocycles. The van der Waals surface area contributed by atoms with Crippen molar-refractivity contribution in [1.82, 2.24) is 0 Å². The summed E-state index contributed by atoms with van der Waals surface area (Å²) in [5.74, 6) is 0. The molecule has 2 heteroatoms. The van der Waals surface area contributed by atoms with Crippen LogP contribution in [0.5, 0.6) is 0 Å². The first-order valence-electron chi connectivity index (χ1n) is 6.59. The van der Waals surface area contributed by atoms with Crippen LogP contribution in [-0.4, -0.2) is 11.1 Å². The third-order valence-corrected chi connectivity index (χ3v) is 4.19. The van der Waals surface area contributed by atoms with E-state index in [1.807, 2.05) is 24.3 Å². The lowest BCUT2D eigenvalue weighted by atomic mass is 9.88. The van der Waals surface area contributed by atoms with Gasteiger partial charge in [-0.15, -0.1) is 26.3 Å². The first-order valence-corrected chi connectivity index (χ1v) is 6.59. The molecule has 0 atom stereocenters. The minimum Gasteiger partial charge on any atom is -0.633 e. The molecule has 1 N–H and O–H groups in total. The molecule has 0 amide bonds. The smallest absolute Gasteiger partial charge is 0.105 e. The topological polar surface area (TPSA) is 27.5 Å². The zero-order valence-electron chi connectivity index (χ0n) is 11.3. The zero-order valence-corrected chi connectivity index (χ0v) is 11.3. The van der Waals surface area contributed by atoms with Crippen LogP contribution >= 0.6 is 0 Å². The molecule has 1 aliphatic heterocycles. The van der Waals surface area contributed by atoms with Crippen molar-refractivity contribution in [1.29, 1.82) is 0 Å². The number of nitrogens with one attached hydrogen (secondary N) is 1. The van der Waals surface area contributed by atoms with E-state index in [0.29, 0.717) is 5.06 Å². The van der Waals surface area contributed by atoms with Crippen LogP contribution in [0.2, 0.25) is 0 Å². The van der Waals surface area contributed by atoms with Crippen molar-refractivity contribution >= 4 is 0 Å². The molecular weight excluding hydrogens is 222 g/mol. The van der Waals surface area contributed by atoms with Crippen LogP contribution in [0, 0.1) is 5.21 Å². The Morgan fingerprint density at radius 3 is 1.28 bits per heavy atom. The van der Waals surface area contributed by atoms with E-state index in [1.165, 1.54) is 0 Å². The SMILES string of the molecule is C=CCC1(CC=C)CCC(CC=C)(CC=C)[NH+]1[O-]. The third-order valence-electron chi connectivity index (χ3n) is 4.19. The largest absolute Gasteiger partial charge is 0.633 e. The maximum atomic E-state index is 12.9. The van der Waals surface area contributed by atoms with E-state index >= 15 is 0 Å². The lowest BCUT2D eigenvalue weighted by Gasteiger charge is -2.46. The molecule has 1 rings (SSSR count). The molecule has 1 heterocycles. The summed E-state index contributed by atoms with van der Waals surface area (Å²) in [4.78, 5) is 0. The maximum absolute atomic E-state index is 12.9. The van der Waals surface area contributed by atoms with Crippen molar-refractivity contribution in [3.63, 3.8) is 0 Å². The number of quaternary nitrogens is 1. The van der Waals surface area contributed by atoms with E-state index in [9.17, 15) is 5.21 Å². The number of rotatable bonds is 8. The Balaban J connectivity index is 3.05. The molecular formula is C16H25NO. The normalized spacial score (nSPS) is 21.4. The van der Waals surface area contributed by atoms with Crippen LogP contribution in [0.15, 0.2) is 50.6 Å². The standard InChI is InChI=1S/C16H25NO/c1-5-9-15(10-6-2)13-14-16(11-7-3,12-8-4)17(15)18/h5-8,17H,1-4,9-14H2. The summed E-state index contributed by atoms with van der Waals surface area (Å²) >= 11 is 0. The number of hydrogen-bond donors (Lipinski definition) is 1. The summed E-state index contributed by atoms with van der Waals surface area (Å²) in [6, 6.07) is 0. The quantitative estimate of drug-likeness (QED) is 0.518. The Hall–Kier alpha value is -1.12. The highest BCUT2D eigenvalue weighted by Gasteiger charge is 2.52. The Morgan fingerprint density at radius 2 is 1.06 bits per heavy atom. The van der Waals surface area contributed by atoms with E-state index in [4.69, 9.17) is 0 Å². The minimum atomic E-state index is -0.282. The molecule has 1 fully saturated rings. The van der Waals surface area contributed by atoms with Crippen LogP contribution in [0.4, 0.5) is 0 Å². The Kier molecular flexibility index (Phi) is 5.12. The van der Waals surface area contributed by atoms with Crippen molar-refractivity contribution in [2.75, 3.05) is 0 Å². The van der Waals surface area contributed by atoms with Gasteiger partial charge < -0.3 is 10.3 Å². The Morgan fingerprint density at radius 1 is 0.778 bits per heavy atom. The monoisotopic (exact) mass is 247 g/mol. The van der Waals surface area contributed by atoms with E-state index in [1.54, 1.807) is 0 Å². The lowest BCUT2D eigenvalue weighted by molar-refractivity contribution is -0.939. The van der Waals surface area contributed by atoms with Gasteiger partial charge in [0.05, 0.1) is 0 Å². The predicted molar refractivity (Wildman–Crippen MR) is 78.3 cm³/mol. The highest BCUT2D eigenvalue weighted by atomic mass is 16.5. The maximum Gasteiger partial charge on any atom is 0.105 e. The van der Waals surface area contributed by atoms with Gasteiger partial charge in [0.1, 0.15) is 11.1 Å². The van der Waals surface area contributed by atoms with Gasteiger partial charge in [-0.3, -0.25) is 0 Å². The summed E-state index contributed by atoms with van der Waals surface area (Å²) in [5.41, 5.74) is -0.564. The fraction of sp³-hybridized carbons (Fsp3) is 0.500. The van der Waals surface area contributed by atoms with E-state index < -0.39 is 0 Å². The van der Waals surface area contributed by atoms with Gasteiger partial charge in [0.25, 0.3) is 0 Å². The Bertz CT molecular complexity index is 280. The molecule has 0 aromatic heterocycles. The molecule has 18 heavy (non-hydrogen) atoms. The molecule has 0 radical (unpaired) electrons. The van der Waals surface area contributed by atoms with Crippen LogP contribution in [0.3, 0.4) is 0 Å². The van der Waals surface area contributed by atoms with Crippen molar-refractivity contribution in [3.05, 3.63) is 55.8 Å². The van der Waals surface area contributed by atoms with Gasteiger partial charge in [0.2, 0.25) is 0 Å². The van der Waals surface area contributed by atoms with Gasteiger partial charge in [-0.2, -0.15) is 0 Å². The summed E-state index contributed by atoms with van der Waals surface area (Å²) in [7, 11) is 0. The van der Waals surface area contributed by atoms with Gasteiger partial charge in [0, 0.05) is 38.5 Å².